The van der Waals surface area contributed by atoms with Gasteiger partial charge in [-0.15, -0.1) is 0 Å². The number of piperazine rings is 1. The molecule has 1 aliphatic carbocycles. The molecule has 1 saturated heterocycles. The van der Waals surface area contributed by atoms with Crippen molar-refractivity contribution in [3.05, 3.63) is 0 Å². The highest BCUT2D eigenvalue weighted by Gasteiger charge is 2.55. The van der Waals surface area contributed by atoms with Gasteiger partial charge in [0.25, 0.3) is 0 Å². The molecule has 0 radical (unpaired) electrons. The van der Waals surface area contributed by atoms with Gasteiger partial charge in [-0.05, 0) is 31.6 Å². The molecule has 0 aromatic heterocycles. The second-order valence-electron chi connectivity index (χ2n) is 6.75. The van der Waals surface area contributed by atoms with Gasteiger partial charge in [0.15, 0.2) is 0 Å². The van der Waals surface area contributed by atoms with Crippen LogP contribution in [0, 0.1) is 5.92 Å². The molecule has 0 bridgehead atoms. The Morgan fingerprint density at radius 3 is 2.19 bits per heavy atom. The first-order valence-electron chi connectivity index (χ1n) is 8.65. The van der Waals surface area contributed by atoms with Crippen LogP contribution in [0.1, 0.15) is 72.6 Å². The van der Waals surface area contributed by atoms with Crippen LogP contribution in [0.25, 0.3) is 0 Å². The summed E-state index contributed by atoms with van der Waals surface area (Å²) in [6.07, 6.45) is 6.49. The van der Waals surface area contributed by atoms with Gasteiger partial charge in [-0.25, -0.2) is 0 Å². The van der Waals surface area contributed by atoms with E-state index < -0.39 is 5.54 Å². The molecule has 4 nitrogen and oxygen atoms in total. The number of amides is 2. The minimum Gasteiger partial charge on any atom is -0.342 e. The normalized spacial score (nSPS) is 26.5. The molecule has 4 heteroatoms. The van der Waals surface area contributed by atoms with Gasteiger partial charge in [-0.3, -0.25) is 9.59 Å². The first-order valence-corrected chi connectivity index (χ1v) is 8.65. The molecular weight excluding hydrogens is 264 g/mol. The fourth-order valence-electron chi connectivity index (χ4n) is 4.04. The molecule has 0 aromatic rings. The largest absolute Gasteiger partial charge is 0.342 e. The van der Waals surface area contributed by atoms with E-state index in [1.807, 2.05) is 4.90 Å². The number of rotatable bonds is 5. The molecule has 2 unspecified atom stereocenters. The lowest BCUT2D eigenvalue weighted by Gasteiger charge is -2.50. The highest BCUT2D eigenvalue weighted by Crippen LogP contribution is 2.41. The van der Waals surface area contributed by atoms with Gasteiger partial charge in [-0.1, -0.05) is 47.0 Å². The van der Waals surface area contributed by atoms with E-state index in [0.717, 1.165) is 44.9 Å². The minimum atomic E-state index is -0.558. The maximum Gasteiger partial charge on any atom is 0.246 e. The molecule has 2 fully saturated rings. The third-order valence-corrected chi connectivity index (χ3v) is 5.63. The van der Waals surface area contributed by atoms with Crippen LogP contribution >= 0.6 is 0 Å². The van der Waals surface area contributed by atoms with E-state index in [1.54, 1.807) is 0 Å². The van der Waals surface area contributed by atoms with Gasteiger partial charge >= 0.3 is 0 Å². The Morgan fingerprint density at radius 2 is 1.71 bits per heavy atom. The summed E-state index contributed by atoms with van der Waals surface area (Å²) >= 11 is 0. The van der Waals surface area contributed by atoms with Crippen molar-refractivity contribution in [3.63, 3.8) is 0 Å². The summed E-state index contributed by atoms with van der Waals surface area (Å²) in [7, 11) is 0. The van der Waals surface area contributed by atoms with Crippen LogP contribution in [-0.4, -0.2) is 34.3 Å². The number of hydrogen-bond acceptors (Lipinski definition) is 2. The summed E-state index contributed by atoms with van der Waals surface area (Å²) in [5.74, 6) is 0.438. The Kier molecular flexibility index (Phi) is 4.95. The molecule has 120 valence electrons. The minimum absolute atomic E-state index is 0.0943. The Bertz CT molecular complexity index is 398. The lowest BCUT2D eigenvalue weighted by atomic mass is 9.83. The number of nitrogens with one attached hydrogen (secondary N) is 1. The molecule has 1 spiro atoms. The highest BCUT2D eigenvalue weighted by molar-refractivity contribution is 6.00. The standard InChI is InChI=1S/C17H30N2O2/c1-5-12(4)14-15(20)19(13(6-2)7-3)17(16(21)18-14)10-8-9-11-17/h12-14H,5-11H2,1-4H3,(H,18,21). The molecule has 2 atom stereocenters. The lowest BCUT2D eigenvalue weighted by Crippen LogP contribution is -2.72. The molecule has 1 saturated carbocycles. The molecule has 21 heavy (non-hydrogen) atoms. The van der Waals surface area contributed by atoms with Crippen LogP contribution < -0.4 is 5.32 Å². The van der Waals surface area contributed by atoms with Crippen LogP contribution in [0.2, 0.25) is 0 Å². The zero-order valence-corrected chi connectivity index (χ0v) is 13.9. The third-order valence-electron chi connectivity index (χ3n) is 5.63. The summed E-state index contributed by atoms with van der Waals surface area (Å²) in [5, 5.41) is 3.05. The zero-order valence-electron chi connectivity index (χ0n) is 13.9. The van der Waals surface area contributed by atoms with E-state index in [-0.39, 0.29) is 29.8 Å². The van der Waals surface area contributed by atoms with E-state index in [1.165, 1.54) is 0 Å². The number of nitrogens with zero attached hydrogens (tertiary/aromatic N) is 1. The van der Waals surface area contributed by atoms with E-state index in [9.17, 15) is 9.59 Å². The molecule has 2 amide bonds. The highest BCUT2D eigenvalue weighted by atomic mass is 16.2. The fourth-order valence-corrected chi connectivity index (χ4v) is 4.04. The second kappa shape index (κ2) is 6.37. The van der Waals surface area contributed by atoms with Crippen molar-refractivity contribution in [2.45, 2.75) is 90.3 Å². The van der Waals surface area contributed by atoms with Gasteiger partial charge in [0.1, 0.15) is 11.6 Å². The Balaban J connectivity index is 2.39. The molecule has 0 aromatic carbocycles. The lowest BCUT2D eigenvalue weighted by molar-refractivity contribution is -0.162. The van der Waals surface area contributed by atoms with Gasteiger partial charge in [0, 0.05) is 6.04 Å². The topological polar surface area (TPSA) is 49.4 Å². The Labute approximate surface area is 128 Å². The quantitative estimate of drug-likeness (QED) is 0.847. The van der Waals surface area contributed by atoms with E-state index in [2.05, 4.69) is 33.0 Å². The Hall–Kier alpha value is -1.06. The van der Waals surface area contributed by atoms with Crippen molar-refractivity contribution in [1.29, 1.82) is 0 Å². The van der Waals surface area contributed by atoms with Crippen LogP contribution in [0.5, 0.6) is 0 Å². The monoisotopic (exact) mass is 294 g/mol. The summed E-state index contributed by atoms with van der Waals surface area (Å²) in [5.41, 5.74) is -0.558. The zero-order chi connectivity index (χ0) is 15.6. The summed E-state index contributed by atoms with van der Waals surface area (Å²) in [4.78, 5) is 27.9. The smallest absolute Gasteiger partial charge is 0.246 e. The van der Waals surface area contributed by atoms with Gasteiger partial charge in [0.05, 0.1) is 0 Å². The van der Waals surface area contributed by atoms with Crippen molar-refractivity contribution in [2.24, 2.45) is 5.92 Å². The first-order chi connectivity index (χ1) is 10.0. The predicted molar refractivity (Wildman–Crippen MR) is 83.8 cm³/mol. The predicted octanol–water partition coefficient (Wildman–Crippen LogP) is 2.86. The first kappa shape index (κ1) is 16.3. The number of carbonyl (C=O) groups excluding carboxylic acids is 2. The van der Waals surface area contributed by atoms with Gasteiger partial charge in [-0.2, -0.15) is 0 Å². The average Bonchev–Trinajstić information content (AvgIpc) is 2.97. The second-order valence-corrected chi connectivity index (χ2v) is 6.75. The fraction of sp³-hybridized carbons (Fsp3) is 0.882. The molecule has 2 aliphatic rings. The van der Waals surface area contributed by atoms with Crippen molar-refractivity contribution in [1.82, 2.24) is 10.2 Å². The van der Waals surface area contributed by atoms with E-state index in [0.29, 0.717) is 0 Å². The van der Waals surface area contributed by atoms with Crippen LogP contribution in [-0.2, 0) is 9.59 Å². The maximum absolute atomic E-state index is 13.1. The maximum atomic E-state index is 13.1. The summed E-state index contributed by atoms with van der Waals surface area (Å²) in [6.45, 7) is 8.37. The molecule has 1 N–H and O–H groups in total. The molecule has 2 rings (SSSR count). The summed E-state index contributed by atoms with van der Waals surface area (Å²) in [6, 6.07) is -0.150. The van der Waals surface area contributed by atoms with Crippen LogP contribution in [0.15, 0.2) is 0 Å². The van der Waals surface area contributed by atoms with E-state index in [4.69, 9.17) is 0 Å². The third kappa shape index (κ3) is 2.58. The molecule has 1 aliphatic heterocycles. The number of carbonyl (C=O) groups is 2. The van der Waals surface area contributed by atoms with Crippen molar-refractivity contribution >= 4 is 11.8 Å². The average molecular weight is 294 g/mol. The SMILES string of the molecule is CCC(C)C1NC(=O)C2(CCCC2)N(C(CC)CC)C1=O. The van der Waals surface area contributed by atoms with Gasteiger partial charge < -0.3 is 10.2 Å². The van der Waals surface area contributed by atoms with Crippen LogP contribution in [0.4, 0.5) is 0 Å². The van der Waals surface area contributed by atoms with Gasteiger partial charge in [0.2, 0.25) is 11.8 Å². The van der Waals surface area contributed by atoms with Crippen molar-refractivity contribution in [2.75, 3.05) is 0 Å². The molecule has 1 heterocycles. The van der Waals surface area contributed by atoms with Crippen molar-refractivity contribution < 1.29 is 9.59 Å². The summed E-state index contributed by atoms with van der Waals surface area (Å²) < 4.78 is 0. The van der Waals surface area contributed by atoms with Crippen molar-refractivity contribution in [3.8, 4) is 0 Å². The van der Waals surface area contributed by atoms with E-state index >= 15 is 0 Å². The molecular formula is C17H30N2O2. The van der Waals surface area contributed by atoms with Crippen LogP contribution in [0.3, 0.4) is 0 Å². The number of hydrogen-bond donors (Lipinski definition) is 1. The Morgan fingerprint density at radius 1 is 1.14 bits per heavy atom.